The van der Waals surface area contributed by atoms with Crippen molar-refractivity contribution in [1.29, 1.82) is 0 Å². The molecule has 1 N–H and O–H groups in total. The first-order valence-corrected chi connectivity index (χ1v) is 12.0. The lowest BCUT2D eigenvalue weighted by Crippen LogP contribution is -2.40. The van der Waals surface area contributed by atoms with Gasteiger partial charge in [-0.25, -0.2) is 0 Å². The number of aliphatic hydroxyl groups is 1. The Balaban J connectivity index is 0.000000395. The molecule has 5 heteroatoms. The van der Waals surface area contributed by atoms with Gasteiger partial charge in [0.05, 0.1) is 13.2 Å². The minimum Gasteiger partial charge on any atom is -0.469 e. The van der Waals surface area contributed by atoms with E-state index in [2.05, 4.69) is 24.7 Å². The van der Waals surface area contributed by atoms with Crippen LogP contribution < -0.4 is 0 Å². The molecule has 4 aliphatic carbocycles. The predicted octanol–water partition coefficient (Wildman–Crippen LogP) is 5.52. The van der Waals surface area contributed by atoms with Crippen LogP contribution in [-0.2, 0) is 19.1 Å². The third-order valence-corrected chi connectivity index (χ3v) is 6.92. The molecule has 0 bridgehead atoms. The third-order valence-electron chi connectivity index (χ3n) is 6.92. The monoisotopic (exact) mass is 446 g/mol. The summed E-state index contributed by atoms with van der Waals surface area (Å²) in [5.41, 5.74) is 5.42. The van der Waals surface area contributed by atoms with E-state index < -0.39 is 6.10 Å². The SMILES string of the molecule is CC.CC1CC=C2C3=C(CCC21)C1(C)CCC(=O)C=C1[C@@H](O)C3.CCC=O.COC(C)=O. The molecule has 0 radical (unpaired) electrons. The first kappa shape index (κ1) is 28.0. The first-order valence-electron chi connectivity index (χ1n) is 12.0. The Kier molecular flexibility index (Phi) is 11.3. The van der Waals surface area contributed by atoms with Crippen LogP contribution in [0.25, 0.3) is 0 Å². The highest BCUT2D eigenvalue weighted by Gasteiger charge is 2.47. The van der Waals surface area contributed by atoms with E-state index >= 15 is 0 Å². The second kappa shape index (κ2) is 12.9. The van der Waals surface area contributed by atoms with Gasteiger partial charge in [-0.2, -0.15) is 0 Å². The van der Waals surface area contributed by atoms with Crippen LogP contribution in [0.3, 0.4) is 0 Å². The Morgan fingerprint density at radius 3 is 2.44 bits per heavy atom. The van der Waals surface area contributed by atoms with Crippen LogP contribution in [0.5, 0.6) is 0 Å². The first-order chi connectivity index (χ1) is 15.2. The molecule has 180 valence electrons. The van der Waals surface area contributed by atoms with Crippen LogP contribution in [-0.4, -0.2) is 36.4 Å². The van der Waals surface area contributed by atoms with E-state index in [1.807, 2.05) is 20.8 Å². The lowest BCUT2D eigenvalue weighted by molar-refractivity contribution is -0.138. The van der Waals surface area contributed by atoms with Gasteiger partial charge in [-0.3, -0.25) is 9.59 Å². The lowest BCUT2D eigenvalue weighted by Gasteiger charge is -2.48. The molecule has 0 heterocycles. The van der Waals surface area contributed by atoms with Gasteiger partial charge in [-0.15, -0.1) is 0 Å². The molecule has 4 atom stereocenters. The van der Waals surface area contributed by atoms with Gasteiger partial charge in [0.1, 0.15) is 6.29 Å². The highest BCUT2D eigenvalue weighted by molar-refractivity contribution is 5.92. The van der Waals surface area contributed by atoms with Gasteiger partial charge in [0.2, 0.25) is 0 Å². The summed E-state index contributed by atoms with van der Waals surface area (Å²) < 4.78 is 4.11. The molecule has 0 aromatic heterocycles. The fourth-order valence-corrected chi connectivity index (χ4v) is 5.21. The third kappa shape index (κ3) is 6.28. The second-order valence-corrected chi connectivity index (χ2v) is 8.86. The number of ether oxygens (including phenoxy) is 1. The lowest BCUT2D eigenvalue weighted by atomic mass is 9.57. The molecular formula is C27H42O5. The van der Waals surface area contributed by atoms with Crippen molar-refractivity contribution in [3.8, 4) is 0 Å². The standard InChI is InChI=1S/C19H24O2.C3H6O2.C3H6O.C2H6/c1-11-3-4-14-13(11)5-6-16-15(14)10-18(21)17-9-12(20)7-8-19(16,17)2;1-3(4)5-2;1-2-3-4;1-2/h4,9,11,13,18,21H,3,5-8,10H2,1-2H3;1-2H3;3H,2H2,1H3;1-2H3/t11?,13?,18-,19?;;;/m0.../s1. The number of hydrogen-bond donors (Lipinski definition) is 1. The molecule has 3 unspecified atom stereocenters. The summed E-state index contributed by atoms with van der Waals surface area (Å²) in [6, 6.07) is 0. The van der Waals surface area contributed by atoms with Gasteiger partial charge >= 0.3 is 5.97 Å². The van der Waals surface area contributed by atoms with Crippen molar-refractivity contribution >= 4 is 18.0 Å². The van der Waals surface area contributed by atoms with Crippen LogP contribution in [0, 0.1) is 17.3 Å². The van der Waals surface area contributed by atoms with E-state index in [4.69, 9.17) is 0 Å². The summed E-state index contributed by atoms with van der Waals surface area (Å²) in [5.74, 6) is 1.40. The van der Waals surface area contributed by atoms with Crippen molar-refractivity contribution in [3.05, 3.63) is 34.4 Å². The van der Waals surface area contributed by atoms with Crippen LogP contribution in [0.4, 0.5) is 0 Å². The van der Waals surface area contributed by atoms with Crippen molar-refractivity contribution in [2.75, 3.05) is 7.11 Å². The number of rotatable bonds is 1. The largest absolute Gasteiger partial charge is 0.469 e. The summed E-state index contributed by atoms with van der Waals surface area (Å²) in [7, 11) is 1.35. The molecule has 0 spiro atoms. The summed E-state index contributed by atoms with van der Waals surface area (Å²) in [6.07, 6.45) is 11.0. The minimum atomic E-state index is -0.464. The topological polar surface area (TPSA) is 80.7 Å². The fourth-order valence-electron chi connectivity index (χ4n) is 5.21. The van der Waals surface area contributed by atoms with E-state index in [0.717, 1.165) is 37.0 Å². The maximum absolute atomic E-state index is 11.8. The number of hydrogen-bond acceptors (Lipinski definition) is 5. The zero-order valence-electron chi connectivity index (χ0n) is 21.0. The van der Waals surface area contributed by atoms with E-state index in [9.17, 15) is 19.5 Å². The number of fused-ring (bicyclic) bond motifs is 4. The van der Waals surface area contributed by atoms with Crippen molar-refractivity contribution in [1.82, 2.24) is 0 Å². The highest BCUT2D eigenvalue weighted by atomic mass is 16.5. The van der Waals surface area contributed by atoms with Gasteiger partial charge in [0.25, 0.3) is 0 Å². The van der Waals surface area contributed by atoms with Crippen molar-refractivity contribution in [2.45, 2.75) is 92.6 Å². The zero-order chi connectivity index (χ0) is 24.5. The van der Waals surface area contributed by atoms with E-state index in [-0.39, 0.29) is 17.2 Å². The number of carbonyl (C=O) groups is 3. The Morgan fingerprint density at radius 2 is 1.91 bits per heavy atom. The van der Waals surface area contributed by atoms with Crippen molar-refractivity contribution < 1.29 is 24.2 Å². The number of carbonyl (C=O) groups excluding carboxylic acids is 3. The number of allylic oxidation sites excluding steroid dienone is 4. The molecule has 4 rings (SSSR count). The molecule has 0 aromatic carbocycles. The molecule has 32 heavy (non-hydrogen) atoms. The normalized spacial score (nSPS) is 29.6. The Morgan fingerprint density at radius 1 is 1.31 bits per heavy atom. The Labute approximate surface area is 194 Å². The number of aldehydes is 1. The quantitative estimate of drug-likeness (QED) is 0.424. The van der Waals surface area contributed by atoms with Gasteiger partial charge < -0.3 is 14.6 Å². The van der Waals surface area contributed by atoms with Crippen LogP contribution in [0.1, 0.15) is 86.5 Å². The van der Waals surface area contributed by atoms with Crippen LogP contribution >= 0.6 is 0 Å². The highest BCUT2D eigenvalue weighted by Crippen LogP contribution is 2.57. The van der Waals surface area contributed by atoms with Gasteiger partial charge in [-0.05, 0) is 60.3 Å². The molecule has 0 aliphatic heterocycles. The summed E-state index contributed by atoms with van der Waals surface area (Å²) in [5, 5.41) is 10.6. The van der Waals surface area contributed by atoms with Crippen molar-refractivity contribution in [2.24, 2.45) is 17.3 Å². The predicted molar refractivity (Wildman–Crippen MR) is 128 cm³/mol. The van der Waals surface area contributed by atoms with E-state index in [1.165, 1.54) is 43.6 Å². The van der Waals surface area contributed by atoms with Crippen molar-refractivity contribution in [3.63, 3.8) is 0 Å². The van der Waals surface area contributed by atoms with E-state index in [0.29, 0.717) is 18.8 Å². The molecule has 0 amide bonds. The smallest absolute Gasteiger partial charge is 0.302 e. The molecule has 0 saturated carbocycles. The Bertz CT molecular complexity index is 773. The zero-order valence-corrected chi connectivity index (χ0v) is 21.0. The minimum absolute atomic E-state index is 0.0709. The fraction of sp³-hybridized carbons (Fsp3) is 0.667. The van der Waals surface area contributed by atoms with Gasteiger partial charge in [0, 0.05) is 31.6 Å². The maximum atomic E-state index is 11.8. The van der Waals surface area contributed by atoms with Crippen LogP contribution in [0.15, 0.2) is 34.4 Å². The number of aliphatic hydroxyl groups excluding tert-OH is 1. The van der Waals surface area contributed by atoms with Gasteiger partial charge in [-0.1, -0.05) is 46.3 Å². The van der Waals surface area contributed by atoms with Crippen LogP contribution in [0.2, 0.25) is 0 Å². The average molecular weight is 447 g/mol. The molecule has 5 nitrogen and oxygen atoms in total. The maximum Gasteiger partial charge on any atom is 0.302 e. The molecule has 4 aliphatic rings. The average Bonchev–Trinajstić information content (AvgIpc) is 3.18. The molecular weight excluding hydrogens is 404 g/mol. The summed E-state index contributed by atoms with van der Waals surface area (Å²) in [6.45, 7) is 11.8. The second-order valence-electron chi connectivity index (χ2n) is 8.86. The van der Waals surface area contributed by atoms with E-state index in [1.54, 1.807) is 6.08 Å². The number of esters is 1. The Hall–Kier alpha value is -2.01. The summed E-state index contributed by atoms with van der Waals surface area (Å²) >= 11 is 0. The molecule has 0 fully saturated rings. The molecule has 0 aromatic rings. The molecule has 0 saturated heterocycles. The number of methoxy groups -OCH3 is 1. The van der Waals surface area contributed by atoms with Gasteiger partial charge in [0.15, 0.2) is 5.78 Å². The number of ketones is 1. The summed E-state index contributed by atoms with van der Waals surface area (Å²) in [4.78, 5) is 30.5.